The van der Waals surface area contributed by atoms with Crippen molar-refractivity contribution >= 4 is 11.9 Å². The number of esters is 1. The Balaban J connectivity index is 2.22. The van der Waals surface area contributed by atoms with E-state index in [1.165, 1.54) is 6.92 Å². The summed E-state index contributed by atoms with van der Waals surface area (Å²) in [4.78, 5) is 23.6. The average Bonchev–Trinajstić information content (AvgIpc) is 2.66. The third-order valence-electron chi connectivity index (χ3n) is 2.52. The lowest BCUT2D eigenvalue weighted by Crippen LogP contribution is -2.35. The predicted octanol–water partition coefficient (Wildman–Crippen LogP) is -0.383. The number of rotatable bonds is 4. The largest absolute Gasteiger partial charge is 0.456 e. The number of amides is 1. The third-order valence-corrected chi connectivity index (χ3v) is 2.52. The molecule has 1 N–H and O–H groups in total. The van der Waals surface area contributed by atoms with Gasteiger partial charge in [0.15, 0.2) is 6.61 Å². The molecule has 0 saturated carbocycles. The summed E-state index contributed by atoms with van der Waals surface area (Å²) in [7, 11) is 1.74. The van der Waals surface area contributed by atoms with Gasteiger partial charge in [-0.2, -0.15) is 0 Å². The Bertz CT molecular complexity index is 237. The number of nitrogens with one attached hydrogen (secondary N) is 1. The molecule has 0 radical (unpaired) electrons. The van der Waals surface area contributed by atoms with E-state index in [0.717, 1.165) is 26.1 Å². The lowest BCUT2D eigenvalue weighted by Gasteiger charge is -2.20. The van der Waals surface area contributed by atoms with Crippen molar-refractivity contribution < 1.29 is 14.3 Å². The molecule has 1 heterocycles. The zero-order valence-corrected chi connectivity index (χ0v) is 9.28. The quantitative estimate of drug-likeness (QED) is 0.648. The Hall–Kier alpha value is -1.10. The van der Waals surface area contributed by atoms with Gasteiger partial charge in [0.25, 0.3) is 5.91 Å². The molecule has 1 rings (SSSR count). The van der Waals surface area contributed by atoms with Crippen LogP contribution in [-0.2, 0) is 14.3 Å². The molecule has 15 heavy (non-hydrogen) atoms. The molecule has 0 aromatic carbocycles. The van der Waals surface area contributed by atoms with Gasteiger partial charge in [-0.3, -0.25) is 9.59 Å². The average molecular weight is 214 g/mol. The molecule has 86 valence electrons. The highest BCUT2D eigenvalue weighted by molar-refractivity contribution is 5.79. The summed E-state index contributed by atoms with van der Waals surface area (Å²) >= 11 is 0. The van der Waals surface area contributed by atoms with E-state index in [9.17, 15) is 9.59 Å². The maximum atomic E-state index is 11.5. The normalized spacial score (nSPS) is 20.0. The summed E-state index contributed by atoms with van der Waals surface area (Å²) in [6.07, 6.45) is 1.10. The van der Waals surface area contributed by atoms with Gasteiger partial charge in [0, 0.05) is 20.5 Å². The molecule has 0 aromatic rings. The molecule has 1 fully saturated rings. The van der Waals surface area contributed by atoms with Gasteiger partial charge in [0.1, 0.15) is 0 Å². The number of carbonyl (C=O) groups is 2. The minimum Gasteiger partial charge on any atom is -0.456 e. The lowest BCUT2D eigenvalue weighted by molar-refractivity contribution is -0.149. The second kappa shape index (κ2) is 5.70. The van der Waals surface area contributed by atoms with Crippen LogP contribution < -0.4 is 5.32 Å². The monoisotopic (exact) mass is 214 g/mol. The van der Waals surface area contributed by atoms with Crippen molar-refractivity contribution in [2.45, 2.75) is 13.3 Å². The second-order valence-corrected chi connectivity index (χ2v) is 3.91. The minimum atomic E-state index is -0.417. The molecule has 5 heteroatoms. The summed E-state index contributed by atoms with van der Waals surface area (Å²) in [6.45, 7) is 3.87. The molecule has 0 aromatic heterocycles. The topological polar surface area (TPSA) is 58.6 Å². The molecular weight excluding hydrogens is 196 g/mol. The maximum Gasteiger partial charge on any atom is 0.303 e. The fourth-order valence-corrected chi connectivity index (χ4v) is 1.63. The first-order valence-corrected chi connectivity index (χ1v) is 5.17. The first-order chi connectivity index (χ1) is 7.09. The highest BCUT2D eigenvalue weighted by Gasteiger charge is 2.19. The molecular formula is C10H18N2O3. The highest BCUT2D eigenvalue weighted by Crippen LogP contribution is 2.08. The van der Waals surface area contributed by atoms with Crippen LogP contribution in [0.15, 0.2) is 0 Å². The van der Waals surface area contributed by atoms with E-state index < -0.39 is 5.97 Å². The number of carbonyl (C=O) groups excluding carboxylic acids is 2. The Morgan fingerprint density at radius 2 is 2.27 bits per heavy atom. The number of ether oxygens (including phenoxy) is 1. The van der Waals surface area contributed by atoms with Crippen molar-refractivity contribution in [1.29, 1.82) is 0 Å². The number of hydrogen-bond donors (Lipinski definition) is 1. The van der Waals surface area contributed by atoms with Crippen LogP contribution in [0.2, 0.25) is 0 Å². The molecule has 1 amide bonds. The number of hydrogen-bond acceptors (Lipinski definition) is 4. The Morgan fingerprint density at radius 3 is 2.80 bits per heavy atom. The molecule has 1 unspecified atom stereocenters. The fourth-order valence-electron chi connectivity index (χ4n) is 1.63. The van der Waals surface area contributed by atoms with E-state index >= 15 is 0 Å². The SMILES string of the molecule is CC(=O)OCC(=O)N(C)CC1CCNC1. The van der Waals surface area contributed by atoms with Gasteiger partial charge < -0.3 is 15.0 Å². The zero-order valence-electron chi connectivity index (χ0n) is 9.28. The standard InChI is InChI=1S/C10H18N2O3/c1-8(13)15-7-10(14)12(2)6-9-3-4-11-5-9/h9,11H,3-7H2,1-2H3. The van der Waals surface area contributed by atoms with Crippen LogP contribution in [0.3, 0.4) is 0 Å². The highest BCUT2D eigenvalue weighted by atomic mass is 16.5. The van der Waals surface area contributed by atoms with Crippen LogP contribution in [0.5, 0.6) is 0 Å². The minimum absolute atomic E-state index is 0.142. The van der Waals surface area contributed by atoms with Crippen molar-refractivity contribution in [2.75, 3.05) is 33.3 Å². The summed E-state index contributed by atoms with van der Waals surface area (Å²) in [5.74, 6) is -0.0346. The molecule has 0 aliphatic carbocycles. The van der Waals surface area contributed by atoms with Gasteiger partial charge >= 0.3 is 5.97 Å². The van der Waals surface area contributed by atoms with Crippen LogP contribution in [0.25, 0.3) is 0 Å². The Kier molecular flexibility index (Phi) is 4.55. The number of nitrogens with zero attached hydrogens (tertiary/aromatic N) is 1. The Morgan fingerprint density at radius 1 is 1.53 bits per heavy atom. The van der Waals surface area contributed by atoms with Crippen molar-refractivity contribution in [1.82, 2.24) is 10.2 Å². The zero-order chi connectivity index (χ0) is 11.3. The van der Waals surface area contributed by atoms with E-state index in [4.69, 9.17) is 0 Å². The molecule has 1 aliphatic rings. The molecule has 1 atom stereocenters. The van der Waals surface area contributed by atoms with E-state index in [1.54, 1.807) is 11.9 Å². The predicted molar refractivity (Wildman–Crippen MR) is 55.2 cm³/mol. The first kappa shape index (κ1) is 12.0. The van der Waals surface area contributed by atoms with E-state index in [2.05, 4.69) is 10.1 Å². The molecule has 5 nitrogen and oxygen atoms in total. The van der Waals surface area contributed by atoms with E-state index in [0.29, 0.717) is 5.92 Å². The fraction of sp³-hybridized carbons (Fsp3) is 0.800. The summed E-state index contributed by atoms with van der Waals surface area (Å²) in [5.41, 5.74) is 0. The molecule has 1 saturated heterocycles. The van der Waals surface area contributed by atoms with Crippen molar-refractivity contribution in [3.8, 4) is 0 Å². The number of likely N-dealkylation sites (N-methyl/N-ethyl adjacent to an activating group) is 1. The van der Waals surface area contributed by atoms with Gasteiger partial charge in [-0.05, 0) is 25.4 Å². The Labute approximate surface area is 89.8 Å². The van der Waals surface area contributed by atoms with Crippen molar-refractivity contribution in [2.24, 2.45) is 5.92 Å². The summed E-state index contributed by atoms with van der Waals surface area (Å²) in [5, 5.41) is 3.24. The molecule has 0 bridgehead atoms. The van der Waals surface area contributed by atoms with Crippen LogP contribution in [0.4, 0.5) is 0 Å². The van der Waals surface area contributed by atoms with Crippen LogP contribution >= 0.6 is 0 Å². The van der Waals surface area contributed by atoms with E-state index in [-0.39, 0.29) is 12.5 Å². The first-order valence-electron chi connectivity index (χ1n) is 5.17. The summed E-state index contributed by atoms with van der Waals surface area (Å²) in [6, 6.07) is 0. The smallest absolute Gasteiger partial charge is 0.303 e. The van der Waals surface area contributed by atoms with Gasteiger partial charge in [-0.25, -0.2) is 0 Å². The van der Waals surface area contributed by atoms with E-state index in [1.807, 2.05) is 0 Å². The third kappa shape index (κ3) is 4.29. The molecule has 1 aliphatic heterocycles. The van der Waals surface area contributed by atoms with Gasteiger partial charge in [-0.15, -0.1) is 0 Å². The van der Waals surface area contributed by atoms with Gasteiger partial charge in [-0.1, -0.05) is 0 Å². The lowest BCUT2D eigenvalue weighted by atomic mass is 10.1. The van der Waals surface area contributed by atoms with Crippen molar-refractivity contribution in [3.63, 3.8) is 0 Å². The summed E-state index contributed by atoms with van der Waals surface area (Å²) < 4.78 is 4.64. The van der Waals surface area contributed by atoms with Gasteiger partial charge in [0.05, 0.1) is 0 Å². The van der Waals surface area contributed by atoms with Crippen LogP contribution in [-0.4, -0.2) is 50.1 Å². The van der Waals surface area contributed by atoms with Crippen LogP contribution in [0, 0.1) is 5.92 Å². The maximum absolute atomic E-state index is 11.5. The molecule has 0 spiro atoms. The van der Waals surface area contributed by atoms with Gasteiger partial charge in [0.2, 0.25) is 0 Å². The second-order valence-electron chi connectivity index (χ2n) is 3.91. The van der Waals surface area contributed by atoms with Crippen LogP contribution in [0.1, 0.15) is 13.3 Å². The van der Waals surface area contributed by atoms with Crippen molar-refractivity contribution in [3.05, 3.63) is 0 Å².